The number of aromatic nitrogens is 3. The molecule has 3 aromatic rings. The number of primary amides is 1. The Hall–Kier alpha value is -2.77. The predicted molar refractivity (Wildman–Crippen MR) is 107 cm³/mol. The topological polar surface area (TPSA) is 85.8 Å². The minimum Gasteiger partial charge on any atom is -0.378 e. The molecule has 0 atom stereocenters. The Morgan fingerprint density at radius 2 is 1.93 bits per heavy atom. The Morgan fingerprint density at radius 3 is 2.61 bits per heavy atom. The molecule has 146 valence electrons. The third-order valence-electron chi connectivity index (χ3n) is 5.28. The zero-order chi connectivity index (χ0) is 19.5. The summed E-state index contributed by atoms with van der Waals surface area (Å²) in [6.07, 6.45) is 4.05. The summed E-state index contributed by atoms with van der Waals surface area (Å²) in [6.45, 7) is 5.94. The summed E-state index contributed by atoms with van der Waals surface area (Å²) >= 11 is 0. The van der Waals surface area contributed by atoms with Gasteiger partial charge in [-0.2, -0.15) is 5.10 Å². The molecule has 1 saturated heterocycles. The lowest BCUT2D eigenvalue weighted by Crippen LogP contribution is -2.36. The minimum absolute atomic E-state index is 0.369. The number of amides is 1. The average Bonchev–Trinajstić information content (AvgIpc) is 3.19. The van der Waals surface area contributed by atoms with E-state index in [1.165, 1.54) is 11.9 Å². The van der Waals surface area contributed by atoms with Crippen LogP contribution in [0.5, 0.6) is 0 Å². The molecule has 3 heterocycles. The van der Waals surface area contributed by atoms with Crippen LogP contribution in [0.25, 0.3) is 16.9 Å². The molecule has 0 unspecified atom stereocenters. The Bertz CT molecular complexity index is 959. The zero-order valence-electron chi connectivity index (χ0n) is 16.0. The molecule has 7 nitrogen and oxygen atoms in total. The molecule has 2 N–H and O–H groups in total. The van der Waals surface area contributed by atoms with Crippen LogP contribution >= 0.6 is 0 Å². The van der Waals surface area contributed by atoms with E-state index < -0.39 is 5.91 Å². The van der Waals surface area contributed by atoms with Crippen molar-refractivity contribution in [1.82, 2.24) is 19.5 Å². The monoisotopic (exact) mass is 379 g/mol. The number of hydrogen-bond donors (Lipinski definition) is 1. The van der Waals surface area contributed by atoms with E-state index in [2.05, 4.69) is 46.2 Å². The number of benzene rings is 1. The second-order valence-corrected chi connectivity index (χ2v) is 7.12. The van der Waals surface area contributed by atoms with Crippen molar-refractivity contribution in [2.45, 2.75) is 32.4 Å². The third kappa shape index (κ3) is 3.76. The summed E-state index contributed by atoms with van der Waals surface area (Å²) < 4.78 is 7.39. The minimum atomic E-state index is -0.506. The Balaban J connectivity index is 1.48. The molecule has 1 fully saturated rings. The maximum absolute atomic E-state index is 11.6. The highest BCUT2D eigenvalue weighted by atomic mass is 16.5. The van der Waals surface area contributed by atoms with E-state index in [1.54, 1.807) is 10.6 Å². The number of nitrogens with zero attached hydrogens (tertiary/aromatic N) is 4. The van der Waals surface area contributed by atoms with E-state index in [0.29, 0.717) is 17.3 Å². The van der Waals surface area contributed by atoms with Gasteiger partial charge in [0.2, 0.25) is 0 Å². The van der Waals surface area contributed by atoms with Gasteiger partial charge in [-0.1, -0.05) is 24.3 Å². The molecule has 0 aliphatic carbocycles. The van der Waals surface area contributed by atoms with E-state index in [0.717, 1.165) is 50.3 Å². The van der Waals surface area contributed by atoms with Crippen molar-refractivity contribution in [2.75, 3.05) is 19.7 Å². The third-order valence-corrected chi connectivity index (χ3v) is 5.28. The first-order valence-electron chi connectivity index (χ1n) is 9.71. The van der Waals surface area contributed by atoms with Crippen LogP contribution < -0.4 is 5.73 Å². The molecule has 1 aromatic carbocycles. The van der Waals surface area contributed by atoms with Crippen molar-refractivity contribution in [3.05, 3.63) is 53.9 Å². The van der Waals surface area contributed by atoms with Gasteiger partial charge in [0.15, 0.2) is 5.65 Å². The SMILES string of the molecule is CCOC1CCN(Cc2ccc(-c3ccc(C(N)=O)c4ncnn34)cc2)CC1. The summed E-state index contributed by atoms with van der Waals surface area (Å²) in [5.74, 6) is -0.506. The number of pyridine rings is 1. The first-order valence-corrected chi connectivity index (χ1v) is 9.71. The number of likely N-dealkylation sites (tertiary alicyclic amines) is 1. The molecule has 0 saturated carbocycles. The van der Waals surface area contributed by atoms with E-state index in [9.17, 15) is 4.79 Å². The fourth-order valence-corrected chi connectivity index (χ4v) is 3.83. The van der Waals surface area contributed by atoms with Gasteiger partial charge < -0.3 is 10.5 Å². The normalized spacial score (nSPS) is 15.9. The predicted octanol–water partition coefficient (Wildman–Crippen LogP) is 2.50. The van der Waals surface area contributed by atoms with Gasteiger partial charge >= 0.3 is 0 Å². The largest absolute Gasteiger partial charge is 0.378 e. The lowest BCUT2D eigenvalue weighted by atomic mass is 10.0. The maximum atomic E-state index is 11.6. The van der Waals surface area contributed by atoms with Gasteiger partial charge in [-0.25, -0.2) is 9.50 Å². The van der Waals surface area contributed by atoms with Gasteiger partial charge in [-0.15, -0.1) is 0 Å². The highest BCUT2D eigenvalue weighted by molar-refractivity contribution is 5.99. The molecule has 0 spiro atoms. The van der Waals surface area contributed by atoms with Crippen molar-refractivity contribution in [1.29, 1.82) is 0 Å². The summed E-state index contributed by atoms with van der Waals surface area (Å²) in [6, 6.07) is 12.0. The maximum Gasteiger partial charge on any atom is 0.252 e. The number of piperidine rings is 1. The molecular weight excluding hydrogens is 354 g/mol. The van der Waals surface area contributed by atoms with Gasteiger partial charge in [0.05, 0.1) is 17.4 Å². The fourth-order valence-electron chi connectivity index (χ4n) is 3.83. The first kappa shape index (κ1) is 18.6. The first-order chi connectivity index (χ1) is 13.7. The van der Waals surface area contributed by atoms with E-state index >= 15 is 0 Å². The molecule has 4 rings (SSSR count). The number of ether oxygens (including phenoxy) is 1. The number of carbonyl (C=O) groups is 1. The molecular formula is C21H25N5O2. The zero-order valence-corrected chi connectivity index (χ0v) is 16.0. The molecule has 1 aliphatic rings. The second kappa shape index (κ2) is 8.08. The molecule has 0 bridgehead atoms. The smallest absolute Gasteiger partial charge is 0.252 e. The van der Waals surface area contributed by atoms with Gasteiger partial charge in [0.1, 0.15) is 6.33 Å². The average molecular weight is 379 g/mol. The van der Waals surface area contributed by atoms with Gasteiger partial charge in [0.25, 0.3) is 5.91 Å². The number of fused-ring (bicyclic) bond motifs is 1. The lowest BCUT2D eigenvalue weighted by molar-refractivity contribution is 0.0125. The van der Waals surface area contributed by atoms with Crippen molar-refractivity contribution < 1.29 is 9.53 Å². The quantitative estimate of drug-likeness (QED) is 0.711. The lowest BCUT2D eigenvalue weighted by Gasteiger charge is -2.31. The van der Waals surface area contributed by atoms with Crippen LogP contribution in [0.1, 0.15) is 35.7 Å². The molecule has 2 aromatic heterocycles. The van der Waals surface area contributed by atoms with Gasteiger partial charge in [0, 0.05) is 31.8 Å². The van der Waals surface area contributed by atoms with Crippen molar-refractivity contribution in [2.24, 2.45) is 5.73 Å². The van der Waals surface area contributed by atoms with Crippen LogP contribution in [0.4, 0.5) is 0 Å². The summed E-state index contributed by atoms with van der Waals surface area (Å²) in [5, 5.41) is 4.25. The van der Waals surface area contributed by atoms with Crippen molar-refractivity contribution >= 4 is 11.6 Å². The summed E-state index contributed by atoms with van der Waals surface area (Å²) in [7, 11) is 0. The molecule has 28 heavy (non-hydrogen) atoms. The summed E-state index contributed by atoms with van der Waals surface area (Å²) in [5.41, 5.74) is 9.45. The van der Waals surface area contributed by atoms with Crippen LogP contribution in [0.2, 0.25) is 0 Å². The van der Waals surface area contributed by atoms with E-state index in [-0.39, 0.29) is 0 Å². The van der Waals surface area contributed by atoms with Crippen molar-refractivity contribution in [3.63, 3.8) is 0 Å². The Labute approximate surface area is 164 Å². The van der Waals surface area contributed by atoms with Crippen LogP contribution in [-0.2, 0) is 11.3 Å². The molecule has 1 amide bonds. The standard InChI is InChI=1S/C21H25N5O2/c1-2-28-17-9-11-25(12-10-17)13-15-3-5-16(6-4-15)19-8-7-18(20(22)27)21-23-14-24-26(19)21/h3-8,14,17H,2,9-13H2,1H3,(H2,22,27). The van der Waals surface area contributed by atoms with Crippen LogP contribution in [0, 0.1) is 0 Å². The van der Waals surface area contributed by atoms with E-state index in [4.69, 9.17) is 10.5 Å². The number of carbonyl (C=O) groups excluding carboxylic acids is 1. The Kier molecular flexibility index (Phi) is 5.36. The van der Waals surface area contributed by atoms with Gasteiger partial charge in [-0.05, 0) is 37.5 Å². The van der Waals surface area contributed by atoms with E-state index in [1.807, 2.05) is 6.07 Å². The number of hydrogen-bond acceptors (Lipinski definition) is 5. The van der Waals surface area contributed by atoms with Crippen molar-refractivity contribution in [3.8, 4) is 11.3 Å². The van der Waals surface area contributed by atoms with Crippen LogP contribution in [0.3, 0.4) is 0 Å². The second-order valence-electron chi connectivity index (χ2n) is 7.12. The fraction of sp³-hybridized carbons (Fsp3) is 0.381. The molecule has 1 aliphatic heterocycles. The number of nitrogens with two attached hydrogens (primary N) is 1. The van der Waals surface area contributed by atoms with Crippen LogP contribution in [-0.4, -0.2) is 51.2 Å². The summed E-state index contributed by atoms with van der Waals surface area (Å²) in [4.78, 5) is 18.2. The van der Waals surface area contributed by atoms with Crippen LogP contribution in [0.15, 0.2) is 42.7 Å². The molecule has 0 radical (unpaired) electrons. The molecule has 7 heteroatoms. The van der Waals surface area contributed by atoms with Gasteiger partial charge in [-0.3, -0.25) is 9.69 Å². The highest BCUT2D eigenvalue weighted by Crippen LogP contribution is 2.23. The highest BCUT2D eigenvalue weighted by Gasteiger charge is 2.19. The number of rotatable bonds is 6. The Morgan fingerprint density at radius 1 is 1.18 bits per heavy atom.